The molecule has 0 bridgehead atoms. The number of nitrogens with one attached hydrogen (secondary N) is 1. The van der Waals surface area contributed by atoms with E-state index in [1.54, 1.807) is 7.11 Å². The summed E-state index contributed by atoms with van der Waals surface area (Å²) in [6.07, 6.45) is 6.61. The summed E-state index contributed by atoms with van der Waals surface area (Å²) in [5, 5.41) is 3.65. The standard InChI is InChI=1S/C17H24BrNO2/c1-3-19-14-11-15(17(14)9-4-5-10-17)21-16-12(18)7-6-8-13(16)20-2/h6-8,14-15,19H,3-5,9-11H2,1-2H3. The molecule has 2 unspecified atom stereocenters. The van der Waals surface area contributed by atoms with Crippen molar-refractivity contribution in [3.05, 3.63) is 22.7 Å². The van der Waals surface area contributed by atoms with Crippen LogP contribution in [-0.2, 0) is 0 Å². The number of halogens is 1. The van der Waals surface area contributed by atoms with Gasteiger partial charge < -0.3 is 14.8 Å². The Morgan fingerprint density at radius 3 is 2.76 bits per heavy atom. The van der Waals surface area contributed by atoms with E-state index in [4.69, 9.17) is 9.47 Å². The minimum Gasteiger partial charge on any atom is -0.493 e. The molecule has 0 saturated heterocycles. The van der Waals surface area contributed by atoms with Gasteiger partial charge in [-0.05, 0) is 47.4 Å². The quantitative estimate of drug-likeness (QED) is 0.862. The van der Waals surface area contributed by atoms with E-state index in [-0.39, 0.29) is 0 Å². The van der Waals surface area contributed by atoms with Crippen LogP contribution in [0.25, 0.3) is 0 Å². The highest BCUT2D eigenvalue weighted by Gasteiger charge is 2.57. The van der Waals surface area contributed by atoms with Crippen molar-refractivity contribution < 1.29 is 9.47 Å². The molecule has 1 aromatic carbocycles. The summed E-state index contributed by atoms with van der Waals surface area (Å²) < 4.78 is 12.8. The van der Waals surface area contributed by atoms with Gasteiger partial charge in [-0.1, -0.05) is 25.8 Å². The van der Waals surface area contributed by atoms with E-state index in [1.807, 2.05) is 18.2 Å². The highest BCUT2D eigenvalue weighted by atomic mass is 79.9. The molecule has 2 saturated carbocycles. The first-order chi connectivity index (χ1) is 10.2. The lowest BCUT2D eigenvalue weighted by atomic mass is 9.60. The lowest BCUT2D eigenvalue weighted by Gasteiger charge is -2.54. The van der Waals surface area contributed by atoms with Crippen LogP contribution in [0.4, 0.5) is 0 Å². The summed E-state index contributed by atoms with van der Waals surface area (Å²) in [4.78, 5) is 0. The number of hydrogen-bond donors (Lipinski definition) is 1. The topological polar surface area (TPSA) is 30.5 Å². The van der Waals surface area contributed by atoms with Crippen LogP contribution >= 0.6 is 15.9 Å². The first-order valence-corrected chi connectivity index (χ1v) is 8.73. The number of benzene rings is 1. The van der Waals surface area contributed by atoms with Gasteiger partial charge >= 0.3 is 0 Å². The molecule has 3 nitrogen and oxygen atoms in total. The molecule has 0 radical (unpaired) electrons. The molecule has 2 atom stereocenters. The van der Waals surface area contributed by atoms with Gasteiger partial charge in [-0.2, -0.15) is 0 Å². The van der Waals surface area contributed by atoms with Crippen LogP contribution in [0.1, 0.15) is 39.0 Å². The normalized spacial score (nSPS) is 26.6. The Bertz CT molecular complexity index is 500. The number of hydrogen-bond acceptors (Lipinski definition) is 3. The molecule has 2 aliphatic rings. The predicted molar refractivity (Wildman–Crippen MR) is 88.1 cm³/mol. The summed E-state index contributed by atoms with van der Waals surface area (Å²) >= 11 is 3.59. The van der Waals surface area contributed by atoms with Gasteiger partial charge in [0, 0.05) is 17.9 Å². The fraction of sp³-hybridized carbons (Fsp3) is 0.647. The van der Waals surface area contributed by atoms with Crippen LogP contribution in [-0.4, -0.2) is 25.8 Å². The zero-order valence-corrected chi connectivity index (χ0v) is 14.4. The molecule has 2 fully saturated rings. The van der Waals surface area contributed by atoms with Crippen molar-refractivity contribution in [2.24, 2.45) is 5.41 Å². The second-order valence-electron chi connectivity index (χ2n) is 6.16. The molecule has 4 heteroatoms. The number of para-hydroxylation sites is 1. The molecule has 21 heavy (non-hydrogen) atoms. The minimum atomic E-state index is 0.302. The van der Waals surface area contributed by atoms with Gasteiger partial charge in [-0.15, -0.1) is 0 Å². The van der Waals surface area contributed by atoms with Crippen molar-refractivity contribution in [2.75, 3.05) is 13.7 Å². The molecule has 0 aromatic heterocycles. The van der Waals surface area contributed by atoms with Crippen molar-refractivity contribution in [1.29, 1.82) is 0 Å². The number of rotatable bonds is 5. The third-order valence-electron chi connectivity index (χ3n) is 5.18. The van der Waals surface area contributed by atoms with Gasteiger partial charge in [-0.3, -0.25) is 0 Å². The molecule has 0 amide bonds. The van der Waals surface area contributed by atoms with Crippen LogP contribution in [0.3, 0.4) is 0 Å². The molecule has 0 heterocycles. The fourth-order valence-electron chi connectivity index (χ4n) is 4.06. The Hall–Kier alpha value is -0.740. The maximum absolute atomic E-state index is 6.41. The summed E-state index contributed by atoms with van der Waals surface area (Å²) in [6.45, 7) is 3.23. The highest BCUT2D eigenvalue weighted by molar-refractivity contribution is 9.10. The van der Waals surface area contributed by atoms with Crippen molar-refractivity contribution in [3.8, 4) is 11.5 Å². The minimum absolute atomic E-state index is 0.302. The second kappa shape index (κ2) is 6.17. The Morgan fingerprint density at radius 2 is 2.10 bits per heavy atom. The first kappa shape index (κ1) is 15.2. The lowest BCUT2D eigenvalue weighted by molar-refractivity contribution is -0.0767. The van der Waals surface area contributed by atoms with E-state index >= 15 is 0 Å². The molecule has 1 N–H and O–H groups in total. The molecule has 2 aliphatic carbocycles. The van der Waals surface area contributed by atoms with E-state index in [9.17, 15) is 0 Å². The Labute approximate surface area is 135 Å². The summed E-state index contributed by atoms with van der Waals surface area (Å²) in [6, 6.07) is 6.56. The number of ether oxygens (including phenoxy) is 2. The molecule has 3 rings (SSSR count). The molecular formula is C17H24BrNO2. The van der Waals surface area contributed by atoms with Crippen molar-refractivity contribution >= 4 is 15.9 Å². The second-order valence-corrected chi connectivity index (χ2v) is 7.02. The lowest BCUT2D eigenvalue weighted by Crippen LogP contribution is -2.63. The van der Waals surface area contributed by atoms with E-state index in [2.05, 4.69) is 28.2 Å². The molecular weight excluding hydrogens is 330 g/mol. The van der Waals surface area contributed by atoms with Crippen molar-refractivity contribution in [3.63, 3.8) is 0 Å². The highest BCUT2D eigenvalue weighted by Crippen LogP contribution is 2.55. The van der Waals surface area contributed by atoms with Crippen LogP contribution in [0.2, 0.25) is 0 Å². The Balaban J connectivity index is 1.80. The fourth-order valence-corrected chi connectivity index (χ4v) is 4.50. The maximum atomic E-state index is 6.41. The van der Waals surface area contributed by atoms with E-state index in [1.165, 1.54) is 25.7 Å². The van der Waals surface area contributed by atoms with Crippen LogP contribution in [0.15, 0.2) is 22.7 Å². The van der Waals surface area contributed by atoms with E-state index < -0.39 is 0 Å². The van der Waals surface area contributed by atoms with Gasteiger partial charge in [0.15, 0.2) is 11.5 Å². The largest absolute Gasteiger partial charge is 0.493 e. The van der Waals surface area contributed by atoms with E-state index in [0.717, 1.165) is 28.9 Å². The van der Waals surface area contributed by atoms with Crippen molar-refractivity contribution in [2.45, 2.75) is 51.2 Å². The maximum Gasteiger partial charge on any atom is 0.175 e. The number of methoxy groups -OCH3 is 1. The van der Waals surface area contributed by atoms with Gasteiger partial charge in [0.05, 0.1) is 11.6 Å². The third-order valence-corrected chi connectivity index (χ3v) is 5.81. The van der Waals surface area contributed by atoms with Gasteiger partial charge in [-0.25, -0.2) is 0 Å². The zero-order valence-electron chi connectivity index (χ0n) is 12.8. The SMILES string of the molecule is CCNC1CC(Oc2c(Br)cccc2OC)C12CCCC2. The van der Waals surface area contributed by atoms with Crippen LogP contribution < -0.4 is 14.8 Å². The average molecular weight is 354 g/mol. The Morgan fingerprint density at radius 1 is 1.33 bits per heavy atom. The van der Waals surface area contributed by atoms with Crippen molar-refractivity contribution in [1.82, 2.24) is 5.32 Å². The predicted octanol–water partition coefficient (Wildman–Crippen LogP) is 4.15. The van der Waals surface area contributed by atoms with Gasteiger partial charge in [0.1, 0.15) is 6.10 Å². The Kier molecular flexibility index (Phi) is 4.46. The third kappa shape index (κ3) is 2.57. The molecule has 0 aliphatic heterocycles. The average Bonchev–Trinajstić information content (AvgIpc) is 3.00. The van der Waals surface area contributed by atoms with Crippen LogP contribution in [0.5, 0.6) is 11.5 Å². The van der Waals surface area contributed by atoms with Gasteiger partial charge in [0.2, 0.25) is 0 Å². The zero-order chi connectivity index (χ0) is 14.9. The first-order valence-electron chi connectivity index (χ1n) is 7.94. The summed E-state index contributed by atoms with van der Waals surface area (Å²) in [5.41, 5.74) is 0.330. The smallest absolute Gasteiger partial charge is 0.175 e. The molecule has 1 spiro atoms. The summed E-state index contributed by atoms with van der Waals surface area (Å²) in [7, 11) is 1.70. The van der Waals surface area contributed by atoms with E-state index in [0.29, 0.717) is 17.6 Å². The summed E-state index contributed by atoms with van der Waals surface area (Å²) in [5.74, 6) is 1.66. The molecule has 116 valence electrons. The van der Waals surface area contributed by atoms with Crippen LogP contribution in [0, 0.1) is 5.41 Å². The molecule has 1 aromatic rings. The monoisotopic (exact) mass is 353 g/mol. The van der Waals surface area contributed by atoms with Gasteiger partial charge in [0.25, 0.3) is 0 Å².